The molecular formula is C13H16O3. The summed E-state index contributed by atoms with van der Waals surface area (Å²) in [4.78, 5) is 22.2. The van der Waals surface area contributed by atoms with Crippen molar-refractivity contribution in [3.8, 4) is 5.75 Å². The average Bonchev–Trinajstić information content (AvgIpc) is 2.28. The van der Waals surface area contributed by atoms with E-state index in [0.29, 0.717) is 17.7 Å². The Hall–Kier alpha value is -1.64. The van der Waals surface area contributed by atoms with E-state index < -0.39 is 0 Å². The largest absolute Gasteiger partial charge is 0.496 e. The molecule has 1 aromatic rings. The molecule has 0 aromatic heterocycles. The first kappa shape index (κ1) is 12.4. The van der Waals surface area contributed by atoms with Gasteiger partial charge in [-0.05, 0) is 17.7 Å². The van der Waals surface area contributed by atoms with Gasteiger partial charge >= 0.3 is 0 Å². The number of ether oxygens (including phenoxy) is 1. The summed E-state index contributed by atoms with van der Waals surface area (Å²) in [5.41, 5.74) is 1.38. The minimum Gasteiger partial charge on any atom is -0.496 e. The topological polar surface area (TPSA) is 43.4 Å². The van der Waals surface area contributed by atoms with Crippen LogP contribution < -0.4 is 4.74 Å². The predicted molar refractivity (Wildman–Crippen MR) is 61.9 cm³/mol. The van der Waals surface area contributed by atoms with E-state index in [1.807, 2.05) is 13.8 Å². The first-order chi connectivity index (χ1) is 7.58. The molecule has 0 spiro atoms. The fraction of sp³-hybridized carbons (Fsp3) is 0.385. The van der Waals surface area contributed by atoms with Crippen molar-refractivity contribution < 1.29 is 14.3 Å². The summed E-state index contributed by atoms with van der Waals surface area (Å²) in [6.07, 6.45) is 1.13. The van der Waals surface area contributed by atoms with Crippen LogP contribution in [0.4, 0.5) is 0 Å². The van der Waals surface area contributed by atoms with Gasteiger partial charge in [-0.2, -0.15) is 0 Å². The molecule has 0 aliphatic carbocycles. The number of carbonyl (C=O) groups excluding carboxylic acids is 2. The van der Waals surface area contributed by atoms with Gasteiger partial charge in [0.2, 0.25) is 0 Å². The van der Waals surface area contributed by atoms with Crippen LogP contribution in [0.2, 0.25) is 0 Å². The number of Topliss-reactive ketones (excluding diaryl/α,β-unsaturated/α-hetero) is 1. The molecule has 0 unspecified atom stereocenters. The van der Waals surface area contributed by atoms with Crippen molar-refractivity contribution in [3.05, 3.63) is 29.3 Å². The normalized spacial score (nSPS) is 10.2. The Kier molecular flexibility index (Phi) is 4.23. The number of carbonyl (C=O) groups is 2. The Morgan fingerprint density at radius 1 is 1.44 bits per heavy atom. The van der Waals surface area contributed by atoms with Crippen LogP contribution in [-0.4, -0.2) is 19.2 Å². The summed E-state index contributed by atoms with van der Waals surface area (Å²) >= 11 is 0. The highest BCUT2D eigenvalue weighted by Gasteiger charge is 2.10. The van der Waals surface area contributed by atoms with E-state index in [4.69, 9.17) is 4.74 Å². The van der Waals surface area contributed by atoms with Gasteiger partial charge in [0.1, 0.15) is 11.5 Å². The predicted octanol–water partition coefficient (Wildman–Crippen LogP) is 2.28. The number of hydrogen-bond donors (Lipinski definition) is 0. The Morgan fingerprint density at radius 2 is 2.12 bits per heavy atom. The molecule has 0 radical (unpaired) electrons. The fourth-order valence-electron chi connectivity index (χ4n) is 1.37. The first-order valence-corrected chi connectivity index (χ1v) is 5.23. The van der Waals surface area contributed by atoms with Gasteiger partial charge in [0.25, 0.3) is 0 Å². The van der Waals surface area contributed by atoms with E-state index in [1.165, 1.54) is 7.11 Å². The van der Waals surface area contributed by atoms with E-state index in [-0.39, 0.29) is 11.7 Å². The Balaban J connectivity index is 2.91. The molecule has 0 fully saturated rings. The lowest BCUT2D eigenvalue weighted by atomic mass is 10.00. The molecule has 0 heterocycles. The van der Waals surface area contributed by atoms with Crippen molar-refractivity contribution in [1.29, 1.82) is 0 Å². The van der Waals surface area contributed by atoms with Crippen molar-refractivity contribution in [2.45, 2.75) is 20.3 Å². The maximum atomic E-state index is 11.6. The highest BCUT2D eigenvalue weighted by molar-refractivity contribution is 5.84. The SMILES string of the molecule is COc1cc(CC(=O)C(C)C)ccc1C=O. The van der Waals surface area contributed by atoms with Gasteiger partial charge in [0, 0.05) is 12.3 Å². The molecule has 0 saturated carbocycles. The van der Waals surface area contributed by atoms with Gasteiger partial charge in [-0.1, -0.05) is 19.9 Å². The molecule has 1 aromatic carbocycles. The molecule has 0 aliphatic rings. The quantitative estimate of drug-likeness (QED) is 0.715. The van der Waals surface area contributed by atoms with Crippen LogP contribution >= 0.6 is 0 Å². The smallest absolute Gasteiger partial charge is 0.153 e. The first-order valence-electron chi connectivity index (χ1n) is 5.23. The minimum atomic E-state index is 0.0248. The summed E-state index contributed by atoms with van der Waals surface area (Å²) in [6, 6.07) is 5.20. The lowest BCUT2D eigenvalue weighted by Crippen LogP contribution is -2.10. The van der Waals surface area contributed by atoms with Crippen LogP contribution in [0.5, 0.6) is 5.75 Å². The van der Waals surface area contributed by atoms with Gasteiger partial charge in [0.15, 0.2) is 6.29 Å². The Morgan fingerprint density at radius 3 is 2.62 bits per heavy atom. The molecule has 0 amide bonds. The summed E-state index contributed by atoms with van der Waals surface area (Å²) in [7, 11) is 1.51. The minimum absolute atomic E-state index is 0.0248. The highest BCUT2D eigenvalue weighted by Crippen LogP contribution is 2.19. The van der Waals surface area contributed by atoms with E-state index in [2.05, 4.69) is 0 Å². The van der Waals surface area contributed by atoms with Gasteiger partial charge < -0.3 is 4.74 Å². The zero-order chi connectivity index (χ0) is 12.1. The molecule has 1 rings (SSSR count). The lowest BCUT2D eigenvalue weighted by molar-refractivity contribution is -0.121. The van der Waals surface area contributed by atoms with Gasteiger partial charge in [-0.15, -0.1) is 0 Å². The fourth-order valence-corrected chi connectivity index (χ4v) is 1.37. The Bertz CT molecular complexity index is 394. The van der Waals surface area contributed by atoms with Crippen molar-refractivity contribution in [2.75, 3.05) is 7.11 Å². The maximum Gasteiger partial charge on any atom is 0.153 e. The van der Waals surface area contributed by atoms with E-state index >= 15 is 0 Å². The molecule has 0 bridgehead atoms. The van der Waals surface area contributed by atoms with Crippen molar-refractivity contribution in [3.63, 3.8) is 0 Å². The lowest BCUT2D eigenvalue weighted by Gasteiger charge is -2.07. The summed E-state index contributed by atoms with van der Waals surface area (Å²) in [5, 5.41) is 0. The molecule has 0 atom stereocenters. The molecule has 3 heteroatoms. The summed E-state index contributed by atoms with van der Waals surface area (Å²) in [6.45, 7) is 3.75. The second-order valence-electron chi connectivity index (χ2n) is 3.99. The number of methoxy groups -OCH3 is 1. The second-order valence-corrected chi connectivity index (χ2v) is 3.99. The van der Waals surface area contributed by atoms with Gasteiger partial charge in [-0.3, -0.25) is 9.59 Å². The summed E-state index contributed by atoms with van der Waals surface area (Å²) in [5.74, 6) is 0.724. The van der Waals surface area contributed by atoms with Crippen LogP contribution in [0.15, 0.2) is 18.2 Å². The number of hydrogen-bond acceptors (Lipinski definition) is 3. The van der Waals surface area contributed by atoms with Gasteiger partial charge in [0.05, 0.1) is 12.7 Å². The molecule has 0 N–H and O–H groups in total. The Labute approximate surface area is 95.4 Å². The second kappa shape index (κ2) is 5.45. The molecule has 0 saturated heterocycles. The maximum absolute atomic E-state index is 11.6. The van der Waals surface area contributed by atoms with Crippen molar-refractivity contribution >= 4 is 12.1 Å². The number of benzene rings is 1. The number of ketones is 1. The van der Waals surface area contributed by atoms with Crippen LogP contribution in [0.1, 0.15) is 29.8 Å². The van der Waals surface area contributed by atoms with Crippen molar-refractivity contribution in [2.24, 2.45) is 5.92 Å². The molecule has 3 nitrogen and oxygen atoms in total. The number of rotatable bonds is 5. The third-order valence-corrected chi connectivity index (χ3v) is 2.45. The van der Waals surface area contributed by atoms with Crippen molar-refractivity contribution in [1.82, 2.24) is 0 Å². The van der Waals surface area contributed by atoms with Crippen LogP contribution in [0.25, 0.3) is 0 Å². The zero-order valence-corrected chi connectivity index (χ0v) is 9.82. The standard InChI is InChI=1S/C13H16O3/c1-9(2)12(15)6-10-4-5-11(8-14)13(7-10)16-3/h4-5,7-9H,6H2,1-3H3. The third kappa shape index (κ3) is 2.92. The average molecular weight is 220 g/mol. The van der Waals surface area contributed by atoms with Crippen LogP contribution in [0, 0.1) is 5.92 Å². The van der Waals surface area contributed by atoms with Crippen LogP contribution in [0.3, 0.4) is 0 Å². The molecule has 86 valence electrons. The zero-order valence-electron chi connectivity index (χ0n) is 9.82. The molecule has 16 heavy (non-hydrogen) atoms. The van der Waals surface area contributed by atoms with Crippen LogP contribution in [-0.2, 0) is 11.2 Å². The van der Waals surface area contributed by atoms with E-state index in [0.717, 1.165) is 11.8 Å². The number of aldehydes is 1. The third-order valence-electron chi connectivity index (χ3n) is 2.45. The highest BCUT2D eigenvalue weighted by atomic mass is 16.5. The van der Waals surface area contributed by atoms with Gasteiger partial charge in [-0.25, -0.2) is 0 Å². The summed E-state index contributed by atoms with van der Waals surface area (Å²) < 4.78 is 5.08. The van der Waals surface area contributed by atoms with E-state index in [1.54, 1.807) is 18.2 Å². The molecular weight excluding hydrogens is 204 g/mol. The molecule has 0 aliphatic heterocycles. The van der Waals surface area contributed by atoms with E-state index in [9.17, 15) is 9.59 Å². The monoisotopic (exact) mass is 220 g/mol.